The Morgan fingerprint density at radius 1 is 1.26 bits per heavy atom. The molecule has 2 aromatic heterocycles. The second-order valence-electron chi connectivity index (χ2n) is 4.58. The third-order valence-corrected chi connectivity index (χ3v) is 3.15. The zero-order chi connectivity index (χ0) is 13.6. The largest absolute Gasteiger partial charge is 0.336 e. The Morgan fingerprint density at radius 2 is 2.05 bits per heavy atom. The predicted octanol–water partition coefficient (Wildman–Crippen LogP) is 1.03. The van der Waals surface area contributed by atoms with E-state index in [-0.39, 0.29) is 5.49 Å². The van der Waals surface area contributed by atoms with E-state index in [1.807, 2.05) is 19.9 Å². The summed E-state index contributed by atoms with van der Waals surface area (Å²) < 4.78 is 2.92. The average molecular weight is 254 g/mol. The van der Waals surface area contributed by atoms with Gasteiger partial charge in [-0.25, -0.2) is 14.3 Å². The van der Waals surface area contributed by atoms with Crippen LogP contribution >= 0.6 is 0 Å². The molecule has 0 bridgehead atoms. The van der Waals surface area contributed by atoms with Crippen LogP contribution in [0.4, 0.5) is 0 Å². The smallest absolute Gasteiger partial charge is 0.168 e. The molecule has 0 aliphatic rings. The maximum atomic E-state index is 7.90. The lowest BCUT2D eigenvalue weighted by Crippen LogP contribution is -2.27. The van der Waals surface area contributed by atoms with Gasteiger partial charge in [0, 0.05) is 0 Å². The molecule has 0 saturated heterocycles. The summed E-state index contributed by atoms with van der Waals surface area (Å²) in [5, 5.41) is 12.9. The van der Waals surface area contributed by atoms with Crippen molar-refractivity contribution in [3.63, 3.8) is 0 Å². The summed E-state index contributed by atoms with van der Waals surface area (Å²) in [5.41, 5.74) is 4.06. The molecule has 0 fully saturated rings. The minimum absolute atomic E-state index is 0.196. The van der Waals surface area contributed by atoms with Crippen molar-refractivity contribution < 1.29 is 0 Å². The summed E-state index contributed by atoms with van der Waals surface area (Å²) in [6, 6.07) is 6.16. The number of hydrogen-bond donors (Lipinski definition) is 2. The number of nitrogens with one attached hydrogen (secondary N) is 1. The first-order valence-electron chi connectivity index (χ1n) is 5.90. The molecule has 0 aliphatic heterocycles. The number of fused-ring (bicyclic) bond motifs is 1. The lowest BCUT2D eigenvalue weighted by atomic mass is 10.1. The minimum Gasteiger partial charge on any atom is -0.336 e. The molecule has 0 unspecified atom stereocenters. The average Bonchev–Trinajstić information content (AvgIpc) is 2.81. The Morgan fingerprint density at radius 3 is 2.84 bits per heavy atom. The first kappa shape index (κ1) is 11.5. The van der Waals surface area contributed by atoms with Gasteiger partial charge < -0.3 is 5.84 Å². The van der Waals surface area contributed by atoms with E-state index in [9.17, 15) is 0 Å². The van der Waals surface area contributed by atoms with E-state index in [4.69, 9.17) is 11.3 Å². The van der Waals surface area contributed by atoms with Gasteiger partial charge in [0.1, 0.15) is 6.33 Å². The second-order valence-corrected chi connectivity index (χ2v) is 4.58. The van der Waals surface area contributed by atoms with E-state index in [0.29, 0.717) is 11.0 Å². The van der Waals surface area contributed by atoms with Crippen molar-refractivity contribution in [3.05, 3.63) is 47.3 Å². The fourth-order valence-electron chi connectivity index (χ4n) is 2.07. The molecule has 0 saturated carbocycles. The van der Waals surface area contributed by atoms with Crippen LogP contribution in [0.25, 0.3) is 16.7 Å². The fourth-order valence-corrected chi connectivity index (χ4v) is 2.07. The highest BCUT2D eigenvalue weighted by atomic mass is 15.3. The fraction of sp³-hybridized carbons (Fsp3) is 0.154. The standard InChI is InChI=1S/C13H14N6/c1-8-3-4-9(2)11(5-8)19-13-10(6-17-19)12(14)18(15)7-16-13/h3-7,14H,15H2,1-2H3. The number of hydrogen-bond acceptors (Lipinski definition) is 4. The van der Waals surface area contributed by atoms with Gasteiger partial charge in [-0.2, -0.15) is 5.10 Å². The Kier molecular flexibility index (Phi) is 2.38. The molecule has 1 aromatic carbocycles. The number of aromatic nitrogens is 4. The molecule has 6 nitrogen and oxygen atoms in total. The van der Waals surface area contributed by atoms with E-state index < -0.39 is 0 Å². The number of nitrogen functional groups attached to an aromatic ring is 1. The van der Waals surface area contributed by atoms with Crippen molar-refractivity contribution in [1.82, 2.24) is 19.4 Å². The maximum absolute atomic E-state index is 7.90. The van der Waals surface area contributed by atoms with Gasteiger partial charge in [0.15, 0.2) is 11.1 Å². The normalized spacial score (nSPS) is 11.1. The van der Waals surface area contributed by atoms with Crippen LogP contribution in [0.5, 0.6) is 0 Å². The Balaban J connectivity index is 2.35. The van der Waals surface area contributed by atoms with Crippen LogP contribution in [-0.4, -0.2) is 19.4 Å². The van der Waals surface area contributed by atoms with Crippen LogP contribution in [0.1, 0.15) is 11.1 Å². The number of rotatable bonds is 1. The molecule has 0 atom stereocenters. The van der Waals surface area contributed by atoms with Crippen LogP contribution < -0.4 is 11.3 Å². The van der Waals surface area contributed by atoms with Crippen LogP contribution in [0.3, 0.4) is 0 Å². The predicted molar refractivity (Wildman–Crippen MR) is 72.3 cm³/mol. The summed E-state index contributed by atoms with van der Waals surface area (Å²) >= 11 is 0. The topological polar surface area (TPSA) is 85.5 Å². The van der Waals surface area contributed by atoms with Crippen molar-refractivity contribution in [3.8, 4) is 5.69 Å². The summed E-state index contributed by atoms with van der Waals surface area (Å²) in [4.78, 5) is 4.27. The van der Waals surface area contributed by atoms with Gasteiger partial charge in [-0.3, -0.25) is 5.41 Å². The SMILES string of the molecule is Cc1ccc(C)c(-n2ncc3c(=N)n(N)cnc32)c1. The summed E-state index contributed by atoms with van der Waals surface area (Å²) in [6.07, 6.45) is 3.05. The van der Waals surface area contributed by atoms with E-state index in [1.165, 1.54) is 11.0 Å². The quantitative estimate of drug-likeness (QED) is 0.636. The molecule has 3 rings (SSSR count). The number of benzene rings is 1. The minimum atomic E-state index is 0.196. The Hall–Kier alpha value is -2.63. The molecular formula is C13H14N6. The highest BCUT2D eigenvalue weighted by Crippen LogP contribution is 2.18. The third-order valence-electron chi connectivity index (χ3n) is 3.15. The summed E-state index contributed by atoms with van der Waals surface area (Å²) in [7, 11) is 0. The molecular weight excluding hydrogens is 240 g/mol. The van der Waals surface area contributed by atoms with Crippen molar-refractivity contribution in [2.75, 3.05) is 5.84 Å². The first-order valence-corrected chi connectivity index (χ1v) is 5.90. The van der Waals surface area contributed by atoms with Crippen LogP contribution in [0.2, 0.25) is 0 Å². The van der Waals surface area contributed by atoms with Gasteiger partial charge in [0.05, 0.1) is 17.3 Å². The second kappa shape index (κ2) is 3.94. The zero-order valence-electron chi connectivity index (χ0n) is 10.8. The van der Waals surface area contributed by atoms with Gasteiger partial charge in [0.25, 0.3) is 0 Å². The van der Waals surface area contributed by atoms with Gasteiger partial charge in [-0.05, 0) is 31.0 Å². The Labute approximate surface area is 109 Å². The summed E-state index contributed by atoms with van der Waals surface area (Å²) in [6.45, 7) is 4.06. The van der Waals surface area contributed by atoms with Crippen LogP contribution in [0, 0.1) is 19.3 Å². The van der Waals surface area contributed by atoms with Gasteiger partial charge in [-0.1, -0.05) is 12.1 Å². The molecule has 0 aliphatic carbocycles. The number of aryl methyl sites for hydroxylation is 2. The van der Waals surface area contributed by atoms with Crippen molar-refractivity contribution >= 4 is 11.0 Å². The Bertz CT molecular complexity index is 827. The lowest BCUT2D eigenvalue weighted by molar-refractivity contribution is 0.848. The van der Waals surface area contributed by atoms with Crippen LogP contribution in [-0.2, 0) is 0 Å². The zero-order valence-corrected chi connectivity index (χ0v) is 10.8. The van der Waals surface area contributed by atoms with Crippen LogP contribution in [0.15, 0.2) is 30.7 Å². The van der Waals surface area contributed by atoms with Crippen molar-refractivity contribution in [1.29, 1.82) is 5.41 Å². The van der Waals surface area contributed by atoms with Crippen molar-refractivity contribution in [2.45, 2.75) is 13.8 Å². The first-order chi connectivity index (χ1) is 9.08. The molecule has 2 heterocycles. The van der Waals surface area contributed by atoms with Crippen molar-refractivity contribution in [2.24, 2.45) is 0 Å². The number of nitrogens with two attached hydrogens (primary N) is 1. The van der Waals surface area contributed by atoms with E-state index in [2.05, 4.69) is 22.2 Å². The van der Waals surface area contributed by atoms with Gasteiger partial charge in [0.2, 0.25) is 0 Å². The number of nitrogens with zero attached hydrogens (tertiary/aromatic N) is 4. The monoisotopic (exact) mass is 254 g/mol. The molecule has 6 heteroatoms. The highest BCUT2D eigenvalue weighted by Gasteiger charge is 2.10. The molecule has 0 spiro atoms. The third kappa shape index (κ3) is 1.69. The van der Waals surface area contributed by atoms with E-state index in [1.54, 1.807) is 10.9 Å². The highest BCUT2D eigenvalue weighted by molar-refractivity contribution is 5.74. The van der Waals surface area contributed by atoms with E-state index >= 15 is 0 Å². The molecule has 0 amide bonds. The molecule has 19 heavy (non-hydrogen) atoms. The molecule has 0 radical (unpaired) electrons. The molecule has 96 valence electrons. The summed E-state index contributed by atoms with van der Waals surface area (Å²) in [5.74, 6) is 5.62. The molecule has 3 aromatic rings. The molecule has 3 N–H and O–H groups in total. The maximum Gasteiger partial charge on any atom is 0.168 e. The lowest BCUT2D eigenvalue weighted by Gasteiger charge is -2.08. The van der Waals surface area contributed by atoms with Gasteiger partial charge >= 0.3 is 0 Å². The van der Waals surface area contributed by atoms with Gasteiger partial charge in [-0.15, -0.1) is 0 Å². The van der Waals surface area contributed by atoms with E-state index in [0.717, 1.165) is 16.8 Å².